The average molecular weight is 366 g/mol. The first kappa shape index (κ1) is 12.3. The molecule has 0 aromatic heterocycles. The summed E-state index contributed by atoms with van der Waals surface area (Å²) in [4.78, 5) is 12.0. The van der Waals surface area contributed by atoms with Gasteiger partial charge in [-0.25, -0.2) is 0 Å². The molecule has 3 rings (SSSR count). The summed E-state index contributed by atoms with van der Waals surface area (Å²) in [7, 11) is 0. The monoisotopic (exact) mass is 366 g/mol. The zero-order chi connectivity index (χ0) is 13.4. The van der Waals surface area contributed by atoms with Gasteiger partial charge in [0.1, 0.15) is 11.9 Å². The van der Waals surface area contributed by atoms with Gasteiger partial charge in [0.05, 0.1) is 5.56 Å². The standard InChI is InChI=1S/C14H11IN2O2/c15-8-5-6-12(18)10(7-8)13-16-11-4-2-1-3-9(11)14(19)17-13/h1-7,13,16,18H,(H,17,19). The zero-order valence-electron chi connectivity index (χ0n) is 9.85. The molecule has 1 heterocycles. The highest BCUT2D eigenvalue weighted by atomic mass is 127. The lowest BCUT2D eigenvalue weighted by molar-refractivity contribution is 0.0935. The van der Waals surface area contributed by atoms with Crippen LogP contribution in [0.2, 0.25) is 0 Å². The number of anilines is 1. The lowest BCUT2D eigenvalue weighted by atomic mass is 10.1. The smallest absolute Gasteiger partial charge is 0.255 e. The van der Waals surface area contributed by atoms with Crippen LogP contribution in [0.1, 0.15) is 22.1 Å². The van der Waals surface area contributed by atoms with Crippen molar-refractivity contribution in [3.8, 4) is 5.75 Å². The van der Waals surface area contributed by atoms with Crippen LogP contribution in [-0.2, 0) is 0 Å². The van der Waals surface area contributed by atoms with Crippen molar-refractivity contribution in [2.24, 2.45) is 0 Å². The maximum atomic E-state index is 12.0. The molecule has 96 valence electrons. The molecule has 0 fully saturated rings. The Labute approximate surface area is 124 Å². The number of hydrogen-bond donors (Lipinski definition) is 3. The van der Waals surface area contributed by atoms with Crippen molar-refractivity contribution in [2.75, 3.05) is 5.32 Å². The average Bonchev–Trinajstić information content (AvgIpc) is 2.41. The van der Waals surface area contributed by atoms with E-state index in [4.69, 9.17) is 0 Å². The summed E-state index contributed by atoms with van der Waals surface area (Å²) in [6.07, 6.45) is -0.419. The van der Waals surface area contributed by atoms with Gasteiger partial charge in [-0.2, -0.15) is 0 Å². The van der Waals surface area contributed by atoms with E-state index in [0.717, 1.165) is 9.26 Å². The maximum absolute atomic E-state index is 12.0. The number of benzene rings is 2. The van der Waals surface area contributed by atoms with Crippen LogP contribution in [0, 0.1) is 3.57 Å². The molecule has 0 saturated carbocycles. The van der Waals surface area contributed by atoms with Crippen LogP contribution in [0.3, 0.4) is 0 Å². The molecule has 0 spiro atoms. The number of phenolic OH excluding ortho intramolecular Hbond substituents is 1. The Morgan fingerprint density at radius 3 is 2.74 bits per heavy atom. The summed E-state index contributed by atoms with van der Waals surface area (Å²) in [5.41, 5.74) is 2.05. The van der Waals surface area contributed by atoms with Crippen LogP contribution in [0.15, 0.2) is 42.5 Å². The Hall–Kier alpha value is -1.76. The van der Waals surface area contributed by atoms with Crippen LogP contribution in [-0.4, -0.2) is 11.0 Å². The van der Waals surface area contributed by atoms with Crippen molar-refractivity contribution in [3.05, 3.63) is 57.2 Å². The summed E-state index contributed by atoms with van der Waals surface area (Å²) in [5.74, 6) is 0.0233. The Morgan fingerprint density at radius 2 is 1.89 bits per heavy atom. The molecule has 1 unspecified atom stereocenters. The molecule has 1 aliphatic heterocycles. The van der Waals surface area contributed by atoms with E-state index in [-0.39, 0.29) is 11.7 Å². The van der Waals surface area contributed by atoms with E-state index in [1.807, 2.05) is 30.3 Å². The molecular weight excluding hydrogens is 355 g/mol. The summed E-state index contributed by atoms with van der Waals surface area (Å²) in [6.45, 7) is 0. The quantitative estimate of drug-likeness (QED) is 0.681. The molecule has 1 aliphatic rings. The van der Waals surface area contributed by atoms with Gasteiger partial charge in [-0.1, -0.05) is 12.1 Å². The topological polar surface area (TPSA) is 61.4 Å². The van der Waals surface area contributed by atoms with Gasteiger partial charge in [0.2, 0.25) is 0 Å². The number of para-hydroxylation sites is 1. The molecule has 0 radical (unpaired) electrons. The Morgan fingerprint density at radius 1 is 1.11 bits per heavy atom. The highest BCUT2D eigenvalue weighted by Gasteiger charge is 2.25. The molecule has 0 bridgehead atoms. The number of carbonyl (C=O) groups is 1. The molecule has 4 nitrogen and oxygen atoms in total. The number of carbonyl (C=O) groups excluding carboxylic acids is 1. The van der Waals surface area contributed by atoms with Crippen molar-refractivity contribution in [1.82, 2.24) is 5.32 Å². The lowest BCUT2D eigenvalue weighted by Crippen LogP contribution is -2.38. The van der Waals surface area contributed by atoms with Crippen molar-refractivity contribution < 1.29 is 9.90 Å². The molecule has 19 heavy (non-hydrogen) atoms. The fourth-order valence-electron chi connectivity index (χ4n) is 2.12. The number of fused-ring (bicyclic) bond motifs is 1. The van der Waals surface area contributed by atoms with Crippen molar-refractivity contribution in [1.29, 1.82) is 0 Å². The third kappa shape index (κ3) is 2.25. The van der Waals surface area contributed by atoms with Gasteiger partial charge < -0.3 is 15.7 Å². The number of aromatic hydroxyl groups is 1. The van der Waals surface area contributed by atoms with E-state index >= 15 is 0 Å². The summed E-state index contributed by atoms with van der Waals surface area (Å²) < 4.78 is 1.00. The number of amides is 1. The maximum Gasteiger partial charge on any atom is 0.255 e. The zero-order valence-corrected chi connectivity index (χ0v) is 12.0. The fraction of sp³-hybridized carbons (Fsp3) is 0.0714. The fourth-order valence-corrected chi connectivity index (χ4v) is 2.63. The molecule has 2 aromatic rings. The first-order valence-corrected chi connectivity index (χ1v) is 6.88. The minimum Gasteiger partial charge on any atom is -0.508 e. The Bertz CT molecular complexity index is 658. The van der Waals surface area contributed by atoms with Gasteiger partial charge in [0.25, 0.3) is 5.91 Å². The number of rotatable bonds is 1. The van der Waals surface area contributed by atoms with E-state index in [1.54, 1.807) is 12.1 Å². The minimum absolute atomic E-state index is 0.141. The van der Waals surface area contributed by atoms with Crippen LogP contribution < -0.4 is 10.6 Å². The van der Waals surface area contributed by atoms with Gasteiger partial charge in [0.15, 0.2) is 0 Å². The summed E-state index contributed by atoms with van der Waals surface area (Å²) in [5, 5.41) is 16.0. The minimum atomic E-state index is -0.419. The molecule has 1 atom stereocenters. The molecule has 0 saturated heterocycles. The number of hydrogen-bond acceptors (Lipinski definition) is 3. The van der Waals surface area contributed by atoms with Crippen LogP contribution in [0.5, 0.6) is 5.75 Å². The second-order valence-corrected chi connectivity index (χ2v) is 5.55. The molecule has 3 N–H and O–H groups in total. The van der Waals surface area contributed by atoms with Crippen LogP contribution in [0.25, 0.3) is 0 Å². The van der Waals surface area contributed by atoms with E-state index in [1.165, 1.54) is 0 Å². The lowest BCUT2D eigenvalue weighted by Gasteiger charge is -2.28. The van der Waals surface area contributed by atoms with Crippen LogP contribution >= 0.6 is 22.6 Å². The van der Waals surface area contributed by atoms with E-state index < -0.39 is 6.17 Å². The second-order valence-electron chi connectivity index (χ2n) is 4.30. The highest BCUT2D eigenvalue weighted by Crippen LogP contribution is 2.31. The predicted octanol–water partition coefficient (Wildman–Crippen LogP) is 2.85. The van der Waals surface area contributed by atoms with Crippen molar-refractivity contribution in [2.45, 2.75) is 6.17 Å². The van der Waals surface area contributed by atoms with Gasteiger partial charge >= 0.3 is 0 Å². The van der Waals surface area contributed by atoms with E-state index in [9.17, 15) is 9.90 Å². The third-order valence-corrected chi connectivity index (χ3v) is 3.72. The molecule has 5 heteroatoms. The van der Waals surface area contributed by atoms with Crippen molar-refractivity contribution in [3.63, 3.8) is 0 Å². The number of nitrogens with one attached hydrogen (secondary N) is 2. The number of phenols is 1. The predicted molar refractivity (Wildman–Crippen MR) is 81.1 cm³/mol. The first-order valence-electron chi connectivity index (χ1n) is 5.80. The molecular formula is C14H11IN2O2. The molecule has 0 aliphatic carbocycles. The first-order chi connectivity index (χ1) is 9.15. The van der Waals surface area contributed by atoms with Gasteiger partial charge in [-0.05, 0) is 52.9 Å². The third-order valence-electron chi connectivity index (χ3n) is 3.05. The largest absolute Gasteiger partial charge is 0.508 e. The van der Waals surface area contributed by atoms with Crippen molar-refractivity contribution >= 4 is 34.2 Å². The summed E-state index contributed by atoms with van der Waals surface area (Å²) in [6, 6.07) is 12.6. The summed E-state index contributed by atoms with van der Waals surface area (Å²) >= 11 is 2.17. The normalized spacial score (nSPS) is 17.3. The van der Waals surface area contributed by atoms with Crippen LogP contribution in [0.4, 0.5) is 5.69 Å². The van der Waals surface area contributed by atoms with Gasteiger partial charge in [0, 0.05) is 14.8 Å². The van der Waals surface area contributed by atoms with E-state index in [2.05, 4.69) is 33.2 Å². The molecule has 1 amide bonds. The number of halogens is 1. The van der Waals surface area contributed by atoms with E-state index in [0.29, 0.717) is 11.1 Å². The Kier molecular flexibility index (Phi) is 3.06. The second kappa shape index (κ2) is 4.73. The van der Waals surface area contributed by atoms with Gasteiger partial charge in [-0.3, -0.25) is 4.79 Å². The Balaban J connectivity index is 2.01. The highest BCUT2D eigenvalue weighted by molar-refractivity contribution is 14.1. The SMILES string of the molecule is O=C1NC(c2cc(I)ccc2O)Nc2ccccc21. The molecule has 2 aromatic carbocycles. The van der Waals surface area contributed by atoms with Gasteiger partial charge in [-0.15, -0.1) is 0 Å².